The molecule has 0 N–H and O–H groups in total. The largest absolute Gasteiger partial charge is 0.383 e. The second-order valence-electron chi connectivity index (χ2n) is 8.89. The highest BCUT2D eigenvalue weighted by Gasteiger charge is 2.37. The lowest BCUT2D eigenvalue weighted by molar-refractivity contribution is -0.138. The Morgan fingerprint density at radius 2 is 1.84 bits per heavy atom. The maximum atomic E-state index is 13.3. The molecule has 1 aromatic rings. The fraction of sp³-hybridized carbons (Fsp3) is 0.727. The van der Waals surface area contributed by atoms with Gasteiger partial charge < -0.3 is 9.64 Å². The zero-order chi connectivity index (χ0) is 23.3. The molecule has 10 heteroatoms. The molecule has 8 nitrogen and oxygen atoms in total. The average Bonchev–Trinajstić information content (AvgIpc) is 2.79. The van der Waals surface area contributed by atoms with E-state index >= 15 is 0 Å². The highest BCUT2D eigenvalue weighted by atomic mass is 35.5. The summed E-state index contributed by atoms with van der Waals surface area (Å²) in [7, 11) is -2.17. The SMILES string of the molecule is COCCN(C1CCC(C(=O)N2CCN(C(C)C)CC2)CC1)S(=O)(=O)c1ccc(Cl)nc1. The normalized spacial score (nSPS) is 23.1. The molecule has 0 bridgehead atoms. The Labute approximate surface area is 196 Å². The standard InChI is InChI=1S/C22H35ClN4O4S/c1-17(2)25-10-12-26(13-11-25)22(28)18-4-6-19(7-5-18)27(14-15-31-3)32(29,30)20-8-9-21(23)24-16-20/h8-9,16-19H,4-7,10-15H2,1-3H3. The molecule has 0 radical (unpaired) electrons. The molecule has 180 valence electrons. The van der Waals surface area contributed by atoms with E-state index in [0.29, 0.717) is 38.3 Å². The maximum absolute atomic E-state index is 13.3. The van der Waals surface area contributed by atoms with Crippen LogP contribution >= 0.6 is 11.6 Å². The van der Waals surface area contributed by atoms with Crippen molar-refractivity contribution in [3.05, 3.63) is 23.5 Å². The van der Waals surface area contributed by atoms with Crippen LogP contribution in [0.25, 0.3) is 0 Å². The van der Waals surface area contributed by atoms with E-state index in [1.54, 1.807) is 7.11 Å². The molecule has 32 heavy (non-hydrogen) atoms. The third-order valence-corrected chi connectivity index (χ3v) is 8.79. The Morgan fingerprint density at radius 3 is 2.38 bits per heavy atom. The summed E-state index contributed by atoms with van der Waals surface area (Å²) in [5.74, 6) is 0.195. The van der Waals surface area contributed by atoms with Gasteiger partial charge in [0.2, 0.25) is 15.9 Å². The second-order valence-corrected chi connectivity index (χ2v) is 11.2. The first-order valence-electron chi connectivity index (χ1n) is 11.4. The summed E-state index contributed by atoms with van der Waals surface area (Å²) in [6, 6.07) is 3.31. The van der Waals surface area contributed by atoms with Gasteiger partial charge in [-0.25, -0.2) is 13.4 Å². The number of halogens is 1. The fourth-order valence-corrected chi connectivity index (χ4v) is 6.38. The molecule has 1 aliphatic heterocycles. The molecule has 1 aromatic heterocycles. The number of hydrogen-bond donors (Lipinski definition) is 0. The van der Waals surface area contributed by atoms with Crippen LogP contribution in [0.2, 0.25) is 5.15 Å². The number of pyridine rings is 1. The van der Waals surface area contributed by atoms with Crippen molar-refractivity contribution >= 4 is 27.5 Å². The Kier molecular flexibility index (Phi) is 8.91. The first-order valence-corrected chi connectivity index (χ1v) is 13.2. The number of ether oxygens (including phenoxy) is 1. The van der Waals surface area contributed by atoms with Crippen LogP contribution in [0.3, 0.4) is 0 Å². The number of aromatic nitrogens is 1. The van der Waals surface area contributed by atoms with E-state index in [2.05, 4.69) is 23.7 Å². The minimum absolute atomic E-state index is 0.0268. The van der Waals surface area contributed by atoms with Crippen molar-refractivity contribution in [2.24, 2.45) is 5.92 Å². The van der Waals surface area contributed by atoms with E-state index in [4.69, 9.17) is 16.3 Å². The Balaban J connectivity index is 1.63. The van der Waals surface area contributed by atoms with Gasteiger partial charge in [0.25, 0.3) is 0 Å². The van der Waals surface area contributed by atoms with E-state index in [1.807, 2.05) is 4.90 Å². The van der Waals surface area contributed by atoms with Gasteiger partial charge in [0, 0.05) is 64.0 Å². The van der Waals surface area contributed by atoms with Crippen LogP contribution in [0.1, 0.15) is 39.5 Å². The first-order chi connectivity index (χ1) is 15.2. The molecule has 3 rings (SSSR count). The number of carbonyl (C=O) groups is 1. The van der Waals surface area contributed by atoms with Crippen LogP contribution in [0.5, 0.6) is 0 Å². The lowest BCUT2D eigenvalue weighted by atomic mass is 9.85. The van der Waals surface area contributed by atoms with Crippen molar-refractivity contribution in [1.82, 2.24) is 19.1 Å². The summed E-state index contributed by atoms with van der Waals surface area (Å²) in [6.45, 7) is 8.31. The molecule has 2 fully saturated rings. The summed E-state index contributed by atoms with van der Waals surface area (Å²) < 4.78 is 33.3. The predicted octanol–water partition coefficient (Wildman–Crippen LogP) is 2.48. The van der Waals surface area contributed by atoms with Gasteiger partial charge in [-0.3, -0.25) is 9.69 Å². The van der Waals surface area contributed by atoms with Gasteiger partial charge in [-0.2, -0.15) is 4.31 Å². The van der Waals surface area contributed by atoms with Gasteiger partial charge in [-0.15, -0.1) is 0 Å². The van der Waals surface area contributed by atoms with Crippen LogP contribution < -0.4 is 0 Å². The van der Waals surface area contributed by atoms with Crippen molar-refractivity contribution in [2.45, 2.75) is 56.5 Å². The highest BCUT2D eigenvalue weighted by molar-refractivity contribution is 7.89. The lowest BCUT2D eigenvalue weighted by Crippen LogP contribution is -2.52. The number of methoxy groups -OCH3 is 1. The van der Waals surface area contributed by atoms with Gasteiger partial charge in [0.1, 0.15) is 10.0 Å². The van der Waals surface area contributed by atoms with Crippen molar-refractivity contribution in [3.63, 3.8) is 0 Å². The third-order valence-electron chi connectivity index (χ3n) is 6.63. The van der Waals surface area contributed by atoms with E-state index in [1.165, 1.54) is 22.6 Å². The lowest BCUT2D eigenvalue weighted by Gasteiger charge is -2.40. The summed E-state index contributed by atoms with van der Waals surface area (Å²) in [6.07, 6.45) is 4.01. The smallest absolute Gasteiger partial charge is 0.244 e. The highest BCUT2D eigenvalue weighted by Crippen LogP contribution is 2.32. The number of hydrogen-bond acceptors (Lipinski definition) is 6. The number of nitrogens with zero attached hydrogens (tertiary/aromatic N) is 4. The molecule has 1 saturated heterocycles. The number of piperazine rings is 1. The summed E-state index contributed by atoms with van der Waals surface area (Å²) in [4.78, 5) is 21.5. The molecule has 1 aliphatic carbocycles. The van der Waals surface area contributed by atoms with E-state index in [-0.39, 0.29) is 34.5 Å². The minimum Gasteiger partial charge on any atom is -0.383 e. The molecule has 0 unspecified atom stereocenters. The van der Waals surface area contributed by atoms with E-state index in [9.17, 15) is 13.2 Å². The molecule has 2 aliphatic rings. The number of rotatable bonds is 8. The summed E-state index contributed by atoms with van der Waals surface area (Å²) >= 11 is 5.83. The molecule has 1 saturated carbocycles. The van der Waals surface area contributed by atoms with Gasteiger partial charge >= 0.3 is 0 Å². The Morgan fingerprint density at radius 1 is 1.19 bits per heavy atom. The molecule has 1 amide bonds. The van der Waals surface area contributed by atoms with Crippen LogP contribution in [0.4, 0.5) is 0 Å². The maximum Gasteiger partial charge on any atom is 0.244 e. The second kappa shape index (κ2) is 11.2. The average molecular weight is 487 g/mol. The van der Waals surface area contributed by atoms with Crippen molar-refractivity contribution in [2.75, 3.05) is 46.4 Å². The van der Waals surface area contributed by atoms with E-state index in [0.717, 1.165) is 26.2 Å². The Bertz CT molecular complexity index is 849. The van der Waals surface area contributed by atoms with E-state index < -0.39 is 10.0 Å². The third kappa shape index (κ3) is 5.99. The van der Waals surface area contributed by atoms with Gasteiger partial charge in [-0.1, -0.05) is 11.6 Å². The molecular weight excluding hydrogens is 452 g/mol. The molecular formula is C22H35ClN4O4S. The van der Waals surface area contributed by atoms with Crippen LogP contribution in [0, 0.1) is 5.92 Å². The molecule has 0 aromatic carbocycles. The summed E-state index contributed by atoms with van der Waals surface area (Å²) in [5, 5.41) is 0.251. The molecule has 0 atom stereocenters. The minimum atomic E-state index is -3.73. The fourth-order valence-electron chi connectivity index (χ4n) is 4.66. The van der Waals surface area contributed by atoms with Crippen molar-refractivity contribution < 1.29 is 17.9 Å². The van der Waals surface area contributed by atoms with Crippen LogP contribution in [0.15, 0.2) is 23.2 Å². The zero-order valence-corrected chi connectivity index (χ0v) is 20.8. The summed E-state index contributed by atoms with van der Waals surface area (Å²) in [5.41, 5.74) is 0. The Hall–Kier alpha value is -1.26. The quantitative estimate of drug-likeness (QED) is 0.525. The zero-order valence-electron chi connectivity index (χ0n) is 19.2. The first kappa shape index (κ1) is 25.4. The number of amides is 1. The topological polar surface area (TPSA) is 83.0 Å². The van der Waals surface area contributed by atoms with Crippen molar-refractivity contribution in [3.8, 4) is 0 Å². The number of carbonyl (C=O) groups excluding carboxylic acids is 1. The number of sulfonamides is 1. The monoisotopic (exact) mass is 486 g/mol. The van der Waals surface area contributed by atoms with Crippen LogP contribution in [-0.4, -0.2) is 91.9 Å². The predicted molar refractivity (Wildman–Crippen MR) is 124 cm³/mol. The molecule has 0 spiro atoms. The van der Waals surface area contributed by atoms with Gasteiger partial charge in [-0.05, 0) is 51.7 Å². The van der Waals surface area contributed by atoms with Gasteiger partial charge in [0.05, 0.1) is 6.61 Å². The van der Waals surface area contributed by atoms with Crippen molar-refractivity contribution in [1.29, 1.82) is 0 Å². The van der Waals surface area contributed by atoms with Crippen LogP contribution in [-0.2, 0) is 19.6 Å². The van der Waals surface area contributed by atoms with Gasteiger partial charge in [0.15, 0.2) is 0 Å². The molecule has 2 heterocycles.